The van der Waals surface area contributed by atoms with E-state index in [9.17, 15) is 9.59 Å². The number of aryl methyl sites for hydroxylation is 1. The van der Waals surface area contributed by atoms with Crippen molar-refractivity contribution < 1.29 is 14.0 Å². The lowest BCUT2D eigenvalue weighted by atomic mass is 10.1. The van der Waals surface area contributed by atoms with Gasteiger partial charge in [0.05, 0.1) is 17.5 Å². The lowest BCUT2D eigenvalue weighted by Gasteiger charge is -2.10. The summed E-state index contributed by atoms with van der Waals surface area (Å²) in [6, 6.07) is 15.8. The van der Waals surface area contributed by atoms with Crippen LogP contribution in [-0.2, 0) is 7.05 Å². The minimum Gasteiger partial charge on any atom is -0.459 e. The van der Waals surface area contributed by atoms with E-state index in [-0.39, 0.29) is 17.6 Å². The number of hydrogen-bond donors (Lipinski definition) is 3. The Kier molecular flexibility index (Phi) is 5.23. The van der Waals surface area contributed by atoms with Gasteiger partial charge in [-0.3, -0.25) is 9.59 Å². The summed E-state index contributed by atoms with van der Waals surface area (Å²) in [6.07, 6.45) is 1.44. The molecule has 0 atom stereocenters. The molecule has 0 unspecified atom stereocenters. The van der Waals surface area contributed by atoms with Crippen molar-refractivity contribution in [3.63, 3.8) is 0 Å². The molecular formula is C22H16BrN7O3. The molecule has 3 heterocycles. The predicted octanol–water partition coefficient (Wildman–Crippen LogP) is 4.22. The molecule has 0 aliphatic heterocycles. The molecule has 3 aromatic heterocycles. The zero-order valence-electron chi connectivity index (χ0n) is 17.2. The van der Waals surface area contributed by atoms with Gasteiger partial charge < -0.3 is 19.6 Å². The molecule has 2 amide bonds. The third-order valence-electron chi connectivity index (χ3n) is 5.11. The van der Waals surface area contributed by atoms with Gasteiger partial charge in [0.15, 0.2) is 11.6 Å². The number of H-pyrrole nitrogens is 1. The molecule has 5 rings (SSSR count). The summed E-state index contributed by atoms with van der Waals surface area (Å²) >= 11 is 3.43. The topological polar surface area (TPSA) is 131 Å². The predicted molar refractivity (Wildman–Crippen MR) is 125 cm³/mol. The molecule has 33 heavy (non-hydrogen) atoms. The fourth-order valence-electron chi connectivity index (χ4n) is 3.51. The van der Waals surface area contributed by atoms with E-state index < -0.39 is 0 Å². The Bertz CT molecular complexity index is 1470. The van der Waals surface area contributed by atoms with Gasteiger partial charge in [-0.1, -0.05) is 22.0 Å². The molecule has 0 radical (unpaired) electrons. The third kappa shape index (κ3) is 4.01. The second kappa shape index (κ2) is 8.36. The normalized spacial score (nSPS) is 11.0. The highest BCUT2D eigenvalue weighted by molar-refractivity contribution is 9.10. The van der Waals surface area contributed by atoms with Crippen LogP contribution >= 0.6 is 15.9 Å². The summed E-state index contributed by atoms with van der Waals surface area (Å²) in [5, 5.41) is 20.4. The molecule has 0 bridgehead atoms. The first-order valence-corrected chi connectivity index (χ1v) is 10.6. The fraction of sp³-hybridized carbons (Fsp3) is 0.0455. The molecule has 164 valence electrons. The number of benzene rings is 2. The number of amides is 2. The summed E-state index contributed by atoms with van der Waals surface area (Å²) in [6.45, 7) is 0. The van der Waals surface area contributed by atoms with Crippen LogP contribution in [-0.4, -0.2) is 37.0 Å². The summed E-state index contributed by atoms with van der Waals surface area (Å²) in [5.41, 5.74) is 3.02. The van der Waals surface area contributed by atoms with Crippen LogP contribution in [0.1, 0.15) is 21.0 Å². The SMILES string of the molecule is Cn1c(C(=O)Nc2ccc(Br)cc2-c2nnn[nH]2)cc2ccc(NC(=O)c3ccco3)cc21. The van der Waals surface area contributed by atoms with Gasteiger partial charge >= 0.3 is 0 Å². The Morgan fingerprint density at radius 3 is 2.70 bits per heavy atom. The molecule has 0 spiro atoms. The Morgan fingerprint density at radius 1 is 1.06 bits per heavy atom. The van der Waals surface area contributed by atoms with Crippen LogP contribution in [0.4, 0.5) is 11.4 Å². The van der Waals surface area contributed by atoms with E-state index in [1.54, 1.807) is 48.0 Å². The molecule has 10 nitrogen and oxygen atoms in total. The number of halogens is 1. The number of nitrogens with one attached hydrogen (secondary N) is 3. The number of nitrogens with zero attached hydrogens (tertiary/aromatic N) is 4. The molecular weight excluding hydrogens is 490 g/mol. The summed E-state index contributed by atoms with van der Waals surface area (Å²) in [5.74, 6) is -0.00277. The molecule has 0 saturated heterocycles. The van der Waals surface area contributed by atoms with Crippen molar-refractivity contribution in [1.82, 2.24) is 25.2 Å². The van der Waals surface area contributed by atoms with Gasteiger partial charge in [-0.15, -0.1) is 5.10 Å². The monoisotopic (exact) mass is 505 g/mol. The summed E-state index contributed by atoms with van der Waals surface area (Å²) < 4.78 is 7.71. The average molecular weight is 506 g/mol. The number of furan rings is 1. The van der Waals surface area contributed by atoms with Crippen molar-refractivity contribution in [3.8, 4) is 11.4 Å². The zero-order valence-corrected chi connectivity index (χ0v) is 18.8. The fourth-order valence-corrected chi connectivity index (χ4v) is 3.87. The molecule has 0 saturated carbocycles. The van der Waals surface area contributed by atoms with Gasteiger partial charge in [0.25, 0.3) is 11.8 Å². The van der Waals surface area contributed by atoms with E-state index in [2.05, 4.69) is 47.2 Å². The average Bonchev–Trinajstić information content (AvgIpc) is 3.57. The molecule has 3 N–H and O–H groups in total. The first-order chi connectivity index (χ1) is 16.0. The van der Waals surface area contributed by atoms with Crippen LogP contribution in [0.15, 0.2) is 69.8 Å². The second-order valence-electron chi connectivity index (χ2n) is 7.19. The molecule has 0 aliphatic rings. The minimum absolute atomic E-state index is 0.217. The zero-order chi connectivity index (χ0) is 22.9. The lowest BCUT2D eigenvalue weighted by molar-refractivity contribution is 0.0994. The van der Waals surface area contributed by atoms with E-state index in [0.717, 1.165) is 15.4 Å². The van der Waals surface area contributed by atoms with E-state index >= 15 is 0 Å². The van der Waals surface area contributed by atoms with E-state index in [1.807, 2.05) is 18.2 Å². The quantitative estimate of drug-likeness (QED) is 0.327. The van der Waals surface area contributed by atoms with Crippen molar-refractivity contribution in [2.45, 2.75) is 0 Å². The number of carbonyl (C=O) groups excluding carboxylic acids is 2. The molecule has 0 aliphatic carbocycles. The number of hydrogen-bond acceptors (Lipinski definition) is 6. The summed E-state index contributed by atoms with van der Waals surface area (Å²) in [7, 11) is 1.79. The largest absolute Gasteiger partial charge is 0.459 e. The van der Waals surface area contributed by atoms with Crippen LogP contribution in [0.5, 0.6) is 0 Å². The molecule has 5 aromatic rings. The maximum absolute atomic E-state index is 13.1. The van der Waals surface area contributed by atoms with E-state index in [0.29, 0.717) is 28.5 Å². The Balaban J connectivity index is 1.43. The first-order valence-electron chi connectivity index (χ1n) is 9.79. The van der Waals surface area contributed by atoms with Crippen LogP contribution in [0.25, 0.3) is 22.3 Å². The van der Waals surface area contributed by atoms with Crippen molar-refractivity contribution in [2.24, 2.45) is 7.05 Å². The smallest absolute Gasteiger partial charge is 0.291 e. The maximum Gasteiger partial charge on any atom is 0.291 e. The number of carbonyl (C=O) groups is 2. The Hall–Kier alpha value is -4.25. The second-order valence-corrected chi connectivity index (χ2v) is 8.10. The highest BCUT2D eigenvalue weighted by Crippen LogP contribution is 2.29. The maximum atomic E-state index is 13.1. The van der Waals surface area contributed by atoms with Gasteiger partial charge in [-0.05, 0) is 59.0 Å². The van der Waals surface area contributed by atoms with Crippen LogP contribution in [0.3, 0.4) is 0 Å². The number of aromatic nitrogens is 5. The van der Waals surface area contributed by atoms with Crippen molar-refractivity contribution >= 4 is 50.0 Å². The van der Waals surface area contributed by atoms with Crippen molar-refractivity contribution in [2.75, 3.05) is 10.6 Å². The number of tetrazole rings is 1. The Morgan fingerprint density at radius 2 is 1.94 bits per heavy atom. The minimum atomic E-state index is -0.351. The standard InChI is InChI=1S/C22H16BrN7O3/c1-30-17-11-14(24-22(32)19-3-2-8-33-19)6-4-12(17)9-18(30)21(31)25-16-7-5-13(23)10-15(16)20-26-28-29-27-20/h2-11H,1H3,(H,24,32)(H,25,31)(H,26,27,28,29). The molecule has 2 aromatic carbocycles. The van der Waals surface area contributed by atoms with Crippen LogP contribution in [0, 0.1) is 0 Å². The number of rotatable bonds is 5. The number of aromatic amines is 1. The van der Waals surface area contributed by atoms with E-state index in [4.69, 9.17) is 4.42 Å². The third-order valence-corrected chi connectivity index (χ3v) is 5.60. The first kappa shape index (κ1) is 20.6. The van der Waals surface area contributed by atoms with Gasteiger partial charge in [0, 0.05) is 28.2 Å². The van der Waals surface area contributed by atoms with Crippen LogP contribution in [0.2, 0.25) is 0 Å². The van der Waals surface area contributed by atoms with Crippen molar-refractivity contribution in [3.05, 3.63) is 76.8 Å². The number of fused-ring (bicyclic) bond motifs is 1. The van der Waals surface area contributed by atoms with Crippen LogP contribution < -0.4 is 10.6 Å². The van der Waals surface area contributed by atoms with Gasteiger partial charge in [-0.25, -0.2) is 5.10 Å². The van der Waals surface area contributed by atoms with Gasteiger partial charge in [-0.2, -0.15) is 0 Å². The van der Waals surface area contributed by atoms with Gasteiger partial charge in [0.2, 0.25) is 0 Å². The van der Waals surface area contributed by atoms with E-state index in [1.165, 1.54) is 6.26 Å². The summed E-state index contributed by atoms with van der Waals surface area (Å²) in [4.78, 5) is 25.4. The number of anilines is 2. The Labute approximate surface area is 195 Å². The molecule has 11 heteroatoms. The highest BCUT2D eigenvalue weighted by Gasteiger charge is 2.18. The van der Waals surface area contributed by atoms with Gasteiger partial charge in [0.1, 0.15) is 5.69 Å². The lowest BCUT2D eigenvalue weighted by Crippen LogP contribution is -2.16. The van der Waals surface area contributed by atoms with Crippen molar-refractivity contribution in [1.29, 1.82) is 0 Å². The molecule has 0 fully saturated rings. The highest BCUT2D eigenvalue weighted by atomic mass is 79.9.